The van der Waals surface area contributed by atoms with Crippen molar-refractivity contribution in [3.05, 3.63) is 26.6 Å². The molecule has 0 atom stereocenters. The van der Waals surface area contributed by atoms with E-state index in [2.05, 4.69) is 42.1 Å². The molecule has 1 aliphatic rings. The summed E-state index contributed by atoms with van der Waals surface area (Å²) in [5.41, 5.74) is 1.91. The molecular formula is C13H16Br2N2O2. The molecule has 1 aromatic carbocycles. The van der Waals surface area contributed by atoms with E-state index in [1.165, 1.54) is 0 Å². The molecule has 4 nitrogen and oxygen atoms in total. The Hall–Kier alpha value is -0.430. The van der Waals surface area contributed by atoms with Gasteiger partial charge in [0.2, 0.25) is 5.91 Å². The van der Waals surface area contributed by atoms with Crippen LogP contribution in [0.1, 0.15) is 5.56 Å². The van der Waals surface area contributed by atoms with Crippen molar-refractivity contribution in [3.63, 3.8) is 0 Å². The second-order valence-electron chi connectivity index (χ2n) is 4.54. The second kappa shape index (κ2) is 6.83. The molecule has 1 amide bonds. The van der Waals surface area contributed by atoms with Gasteiger partial charge in [-0.25, -0.2) is 0 Å². The molecule has 0 aliphatic carbocycles. The molecule has 1 aromatic rings. The van der Waals surface area contributed by atoms with Crippen molar-refractivity contribution in [1.82, 2.24) is 4.90 Å². The highest BCUT2D eigenvalue weighted by atomic mass is 79.9. The van der Waals surface area contributed by atoms with Gasteiger partial charge in [0.25, 0.3) is 0 Å². The summed E-state index contributed by atoms with van der Waals surface area (Å²) in [4.78, 5) is 14.1. The molecule has 104 valence electrons. The highest BCUT2D eigenvalue weighted by Gasteiger charge is 2.16. The molecule has 1 N–H and O–H groups in total. The van der Waals surface area contributed by atoms with E-state index in [9.17, 15) is 4.79 Å². The minimum Gasteiger partial charge on any atom is -0.379 e. The first-order chi connectivity index (χ1) is 9.06. The number of nitrogens with zero attached hydrogens (tertiary/aromatic N) is 1. The third kappa shape index (κ3) is 4.27. The maximum Gasteiger partial charge on any atom is 0.238 e. The Morgan fingerprint density at radius 2 is 1.89 bits per heavy atom. The zero-order valence-corrected chi connectivity index (χ0v) is 13.9. The van der Waals surface area contributed by atoms with Crippen LogP contribution < -0.4 is 5.32 Å². The number of aryl methyl sites for hydroxylation is 1. The number of benzene rings is 1. The summed E-state index contributed by atoms with van der Waals surface area (Å²) < 4.78 is 7.03. The Bertz CT molecular complexity index is 451. The number of nitrogens with one attached hydrogen (secondary N) is 1. The van der Waals surface area contributed by atoms with Gasteiger partial charge >= 0.3 is 0 Å². The predicted molar refractivity (Wildman–Crippen MR) is 82.5 cm³/mol. The Morgan fingerprint density at radius 1 is 1.32 bits per heavy atom. The van der Waals surface area contributed by atoms with Gasteiger partial charge in [0.15, 0.2) is 0 Å². The van der Waals surface area contributed by atoms with Gasteiger partial charge in [0.05, 0.1) is 25.4 Å². The lowest BCUT2D eigenvalue weighted by Crippen LogP contribution is -2.41. The van der Waals surface area contributed by atoms with Crippen LogP contribution >= 0.6 is 31.9 Å². The molecule has 1 fully saturated rings. The van der Waals surface area contributed by atoms with Crippen molar-refractivity contribution in [3.8, 4) is 0 Å². The number of halogens is 2. The first-order valence-corrected chi connectivity index (χ1v) is 7.70. The molecule has 0 spiro atoms. The largest absolute Gasteiger partial charge is 0.379 e. The van der Waals surface area contributed by atoms with Crippen molar-refractivity contribution in [1.29, 1.82) is 0 Å². The van der Waals surface area contributed by atoms with Crippen LogP contribution in [0.15, 0.2) is 21.1 Å². The minimum atomic E-state index is -0.00727. The number of rotatable bonds is 3. The number of hydrogen-bond acceptors (Lipinski definition) is 3. The van der Waals surface area contributed by atoms with E-state index in [1.54, 1.807) is 0 Å². The summed E-state index contributed by atoms with van der Waals surface area (Å²) in [5.74, 6) is -0.00727. The van der Waals surface area contributed by atoms with Crippen LogP contribution in [0.4, 0.5) is 5.69 Å². The summed E-state index contributed by atoms with van der Waals surface area (Å²) in [7, 11) is 0. The third-order valence-electron chi connectivity index (χ3n) is 2.92. The maximum absolute atomic E-state index is 12.0. The van der Waals surface area contributed by atoms with Crippen molar-refractivity contribution < 1.29 is 9.53 Å². The van der Waals surface area contributed by atoms with Crippen molar-refractivity contribution >= 4 is 43.5 Å². The number of morpholine rings is 1. The number of ether oxygens (including phenoxy) is 1. The van der Waals surface area contributed by atoms with Crippen molar-refractivity contribution in [2.45, 2.75) is 6.92 Å². The van der Waals surface area contributed by atoms with Gasteiger partial charge in [0, 0.05) is 22.0 Å². The normalized spacial score (nSPS) is 16.4. The number of amides is 1. The molecule has 0 unspecified atom stereocenters. The Labute approximate surface area is 129 Å². The van der Waals surface area contributed by atoms with Crippen LogP contribution in [-0.4, -0.2) is 43.7 Å². The highest BCUT2D eigenvalue weighted by molar-refractivity contribution is 9.11. The summed E-state index contributed by atoms with van der Waals surface area (Å²) in [6.07, 6.45) is 0. The van der Waals surface area contributed by atoms with Crippen LogP contribution in [0.25, 0.3) is 0 Å². The summed E-state index contributed by atoms with van der Waals surface area (Å²) in [6.45, 7) is 5.43. The first-order valence-electron chi connectivity index (χ1n) is 6.12. The van der Waals surface area contributed by atoms with Gasteiger partial charge < -0.3 is 10.1 Å². The van der Waals surface area contributed by atoms with Crippen molar-refractivity contribution in [2.75, 3.05) is 38.2 Å². The van der Waals surface area contributed by atoms with Gasteiger partial charge in [-0.1, -0.05) is 0 Å². The molecule has 1 aliphatic heterocycles. The molecule has 1 heterocycles. The highest BCUT2D eigenvalue weighted by Crippen LogP contribution is 2.32. The van der Waals surface area contributed by atoms with Crippen LogP contribution in [0.2, 0.25) is 0 Å². The van der Waals surface area contributed by atoms with E-state index in [0.717, 1.165) is 33.3 Å². The Kier molecular flexibility index (Phi) is 5.38. The monoisotopic (exact) mass is 390 g/mol. The fourth-order valence-electron chi connectivity index (χ4n) is 1.96. The number of carbonyl (C=O) groups is 1. The molecule has 19 heavy (non-hydrogen) atoms. The molecule has 0 saturated carbocycles. The summed E-state index contributed by atoms with van der Waals surface area (Å²) in [6, 6.07) is 3.96. The lowest BCUT2D eigenvalue weighted by molar-refractivity contribution is -0.118. The average molecular weight is 392 g/mol. The lowest BCUT2D eigenvalue weighted by atomic mass is 10.2. The Morgan fingerprint density at radius 3 is 2.47 bits per heavy atom. The van der Waals surface area contributed by atoms with Gasteiger partial charge in [-0.2, -0.15) is 0 Å². The lowest BCUT2D eigenvalue weighted by Gasteiger charge is -2.26. The van der Waals surface area contributed by atoms with Crippen LogP contribution in [0.5, 0.6) is 0 Å². The topological polar surface area (TPSA) is 41.6 Å². The van der Waals surface area contributed by atoms with Crippen LogP contribution in [0.3, 0.4) is 0 Å². The maximum atomic E-state index is 12.0. The molecule has 0 radical (unpaired) electrons. The van der Waals surface area contributed by atoms with Gasteiger partial charge in [-0.05, 0) is 56.5 Å². The molecular weight excluding hydrogens is 376 g/mol. The zero-order chi connectivity index (χ0) is 13.8. The molecule has 6 heteroatoms. The van der Waals surface area contributed by atoms with Crippen LogP contribution in [-0.2, 0) is 9.53 Å². The number of anilines is 1. The van der Waals surface area contributed by atoms with E-state index >= 15 is 0 Å². The summed E-state index contributed by atoms with van der Waals surface area (Å²) >= 11 is 6.95. The second-order valence-corrected chi connectivity index (χ2v) is 6.25. The van der Waals surface area contributed by atoms with E-state index in [4.69, 9.17) is 4.74 Å². The zero-order valence-electron chi connectivity index (χ0n) is 10.7. The van der Waals surface area contributed by atoms with Crippen molar-refractivity contribution in [2.24, 2.45) is 0 Å². The molecule has 0 aromatic heterocycles. The number of carbonyl (C=O) groups excluding carboxylic acids is 1. The molecule has 0 bridgehead atoms. The molecule has 2 rings (SSSR count). The number of hydrogen-bond donors (Lipinski definition) is 1. The third-order valence-corrected chi connectivity index (χ3v) is 4.17. The van der Waals surface area contributed by atoms with Gasteiger partial charge in [0.1, 0.15) is 0 Å². The standard InChI is InChI=1S/C13H16Br2N2O2/c1-9-6-10(14)13(11(15)7-9)16-12(18)8-17-2-4-19-5-3-17/h6-7H,2-5,8H2,1H3,(H,16,18). The predicted octanol–water partition coefficient (Wildman–Crippen LogP) is 2.79. The SMILES string of the molecule is Cc1cc(Br)c(NC(=O)CN2CCOCC2)c(Br)c1. The minimum absolute atomic E-state index is 0.00727. The average Bonchev–Trinajstić information content (AvgIpc) is 2.35. The van der Waals surface area contributed by atoms with E-state index < -0.39 is 0 Å². The quantitative estimate of drug-likeness (QED) is 0.861. The van der Waals surface area contributed by atoms with E-state index in [0.29, 0.717) is 19.8 Å². The first kappa shape index (κ1) is 15.0. The van der Waals surface area contributed by atoms with E-state index in [-0.39, 0.29) is 5.91 Å². The smallest absolute Gasteiger partial charge is 0.238 e. The van der Waals surface area contributed by atoms with Gasteiger partial charge in [-0.3, -0.25) is 9.69 Å². The fraction of sp³-hybridized carbons (Fsp3) is 0.462. The van der Waals surface area contributed by atoms with E-state index in [1.807, 2.05) is 19.1 Å². The van der Waals surface area contributed by atoms with Gasteiger partial charge in [-0.15, -0.1) is 0 Å². The molecule has 1 saturated heterocycles. The summed E-state index contributed by atoms with van der Waals surface area (Å²) in [5, 5.41) is 2.94. The van der Waals surface area contributed by atoms with Crippen LogP contribution in [0, 0.1) is 6.92 Å². The fourth-order valence-corrected chi connectivity index (χ4v) is 3.57. The Balaban J connectivity index is 1.98.